The summed E-state index contributed by atoms with van der Waals surface area (Å²) in [5.74, 6) is -1.67. The van der Waals surface area contributed by atoms with Crippen molar-refractivity contribution in [2.75, 3.05) is 13.2 Å². The van der Waals surface area contributed by atoms with Gasteiger partial charge in [0.15, 0.2) is 0 Å². The van der Waals surface area contributed by atoms with Gasteiger partial charge in [-0.3, -0.25) is 9.78 Å². The van der Waals surface area contributed by atoms with Gasteiger partial charge in [-0.15, -0.1) is 0 Å². The average molecular weight is 627 g/mol. The molecule has 0 saturated heterocycles. The molecule has 11 heteroatoms. The SMILES string of the molecule is CC(C)c1nc2c(c(-c3ccc(F)cc3)c1/C=C/[C@@H](O)C[C@@H](O)CC(=O)O)CCCc1ccc(S(=O)(=O)NCCCO)cc1-2. The minimum atomic E-state index is -3.84. The van der Waals surface area contributed by atoms with Gasteiger partial charge in [-0.1, -0.05) is 44.2 Å². The first-order valence-corrected chi connectivity index (χ1v) is 16.2. The number of aromatic nitrogens is 1. The Morgan fingerprint density at radius 1 is 1.11 bits per heavy atom. The molecule has 0 bridgehead atoms. The molecule has 236 valence electrons. The topological polar surface area (TPSA) is 157 Å². The van der Waals surface area contributed by atoms with Crippen molar-refractivity contribution < 1.29 is 38.0 Å². The number of halogens is 1. The smallest absolute Gasteiger partial charge is 0.305 e. The molecule has 44 heavy (non-hydrogen) atoms. The predicted molar refractivity (Wildman–Crippen MR) is 166 cm³/mol. The van der Waals surface area contributed by atoms with Crippen LogP contribution in [0.3, 0.4) is 0 Å². The van der Waals surface area contributed by atoms with Crippen LogP contribution in [0.2, 0.25) is 0 Å². The zero-order valence-corrected chi connectivity index (χ0v) is 25.6. The van der Waals surface area contributed by atoms with E-state index in [1.54, 1.807) is 30.3 Å². The van der Waals surface area contributed by atoms with E-state index in [0.29, 0.717) is 35.4 Å². The molecule has 5 N–H and O–H groups in total. The number of carboxylic acid groups (broad SMARTS) is 1. The quantitative estimate of drug-likeness (QED) is 0.175. The molecule has 0 fully saturated rings. The monoisotopic (exact) mass is 626 g/mol. The number of hydrogen-bond donors (Lipinski definition) is 5. The number of nitrogens with one attached hydrogen (secondary N) is 1. The number of aryl methyl sites for hydroxylation is 1. The average Bonchev–Trinajstić information content (AvgIpc) is 3.14. The maximum Gasteiger partial charge on any atom is 0.305 e. The van der Waals surface area contributed by atoms with E-state index in [-0.39, 0.29) is 36.8 Å². The second kappa shape index (κ2) is 14.5. The first-order chi connectivity index (χ1) is 20.9. The second-order valence-corrected chi connectivity index (χ2v) is 13.1. The molecular weight excluding hydrogens is 587 g/mol. The first kappa shape index (κ1) is 33.4. The van der Waals surface area contributed by atoms with E-state index in [9.17, 15) is 27.8 Å². The van der Waals surface area contributed by atoms with E-state index >= 15 is 0 Å². The number of carbonyl (C=O) groups is 1. The van der Waals surface area contributed by atoms with Crippen molar-refractivity contribution in [3.05, 3.63) is 76.7 Å². The highest BCUT2D eigenvalue weighted by Gasteiger charge is 2.27. The molecule has 4 rings (SSSR count). The number of fused-ring (bicyclic) bond motifs is 3. The third-order valence-corrected chi connectivity index (χ3v) is 9.06. The summed E-state index contributed by atoms with van der Waals surface area (Å²) < 4.78 is 42.8. The Morgan fingerprint density at radius 2 is 1.84 bits per heavy atom. The van der Waals surface area contributed by atoms with E-state index in [1.165, 1.54) is 18.2 Å². The minimum absolute atomic E-state index is 0.0882. The maximum absolute atomic E-state index is 14.0. The normalized spacial score (nSPS) is 14.7. The van der Waals surface area contributed by atoms with Crippen molar-refractivity contribution >= 4 is 22.1 Å². The third kappa shape index (κ3) is 7.96. The maximum atomic E-state index is 14.0. The number of carboxylic acids is 1. The van der Waals surface area contributed by atoms with Crippen LogP contribution >= 0.6 is 0 Å². The number of rotatable bonds is 13. The van der Waals surface area contributed by atoms with Crippen LogP contribution in [0.5, 0.6) is 0 Å². The number of aliphatic carboxylic acids is 1. The summed E-state index contributed by atoms with van der Waals surface area (Å²) in [4.78, 5) is 16.2. The molecule has 2 aromatic carbocycles. The molecular formula is C33H39FN2O7S. The molecule has 0 saturated carbocycles. The summed E-state index contributed by atoms with van der Waals surface area (Å²) in [6.45, 7) is 3.91. The van der Waals surface area contributed by atoms with Crippen LogP contribution < -0.4 is 4.72 Å². The van der Waals surface area contributed by atoms with Crippen LogP contribution in [0.1, 0.15) is 67.8 Å². The van der Waals surface area contributed by atoms with Gasteiger partial charge in [0.1, 0.15) is 5.82 Å². The Hall–Kier alpha value is -3.48. The van der Waals surface area contributed by atoms with Gasteiger partial charge in [0.2, 0.25) is 10.0 Å². The van der Waals surface area contributed by atoms with Crippen LogP contribution in [0, 0.1) is 5.82 Å². The highest BCUT2D eigenvalue weighted by molar-refractivity contribution is 7.89. The molecule has 2 atom stereocenters. The molecule has 1 aliphatic rings. The van der Waals surface area contributed by atoms with Gasteiger partial charge < -0.3 is 20.4 Å². The predicted octanol–water partition coefficient (Wildman–Crippen LogP) is 4.43. The molecule has 0 radical (unpaired) electrons. The van der Waals surface area contributed by atoms with Crippen LogP contribution in [0.15, 0.2) is 53.4 Å². The lowest BCUT2D eigenvalue weighted by Crippen LogP contribution is -2.25. The lowest BCUT2D eigenvalue weighted by molar-refractivity contribution is -0.139. The summed E-state index contributed by atoms with van der Waals surface area (Å²) in [5.41, 5.74) is 6.05. The first-order valence-electron chi connectivity index (χ1n) is 14.7. The standard InChI is InChI=1S/C33H39FN2O7S/c1-20(2)32-28(14-12-24(38)17-25(39)18-30(40)41)31(22-7-10-23(34)11-8-22)27-6-3-5-21-9-13-26(19-29(21)33(27)36-32)44(42,43)35-15-4-16-37/h7-14,19-20,24-25,35,37-39H,3-6,15-18H2,1-2H3,(H,40,41)/b14-12+/t24-,25-/m1/s1. The molecule has 0 unspecified atom stereocenters. The molecule has 1 aliphatic carbocycles. The van der Waals surface area contributed by atoms with E-state index in [0.717, 1.165) is 28.7 Å². The zero-order chi connectivity index (χ0) is 32.0. The third-order valence-electron chi connectivity index (χ3n) is 7.60. The molecule has 0 aliphatic heterocycles. The van der Waals surface area contributed by atoms with Gasteiger partial charge in [0, 0.05) is 30.7 Å². The van der Waals surface area contributed by atoms with Gasteiger partial charge in [-0.05, 0) is 78.1 Å². The molecule has 9 nitrogen and oxygen atoms in total. The molecule has 1 aromatic heterocycles. The number of aliphatic hydroxyl groups excluding tert-OH is 3. The van der Waals surface area contributed by atoms with Gasteiger partial charge in [-0.25, -0.2) is 17.5 Å². The highest BCUT2D eigenvalue weighted by atomic mass is 32.2. The fourth-order valence-electron chi connectivity index (χ4n) is 5.51. The molecule has 1 heterocycles. The Bertz CT molecular complexity index is 1620. The van der Waals surface area contributed by atoms with Crippen molar-refractivity contribution in [1.82, 2.24) is 9.71 Å². The van der Waals surface area contributed by atoms with Crippen molar-refractivity contribution in [1.29, 1.82) is 0 Å². The van der Waals surface area contributed by atoms with Gasteiger partial charge in [0.05, 0.1) is 34.9 Å². The van der Waals surface area contributed by atoms with Crippen LogP contribution in [0.4, 0.5) is 4.39 Å². The molecule has 0 spiro atoms. The van der Waals surface area contributed by atoms with E-state index in [4.69, 9.17) is 15.2 Å². The summed E-state index contributed by atoms with van der Waals surface area (Å²) in [7, 11) is -3.84. The number of aliphatic hydroxyl groups is 3. The number of pyridine rings is 1. The number of sulfonamides is 1. The van der Waals surface area contributed by atoms with Crippen molar-refractivity contribution in [2.45, 2.75) is 75.4 Å². The summed E-state index contributed by atoms with van der Waals surface area (Å²) in [6.07, 6.45) is 2.56. The minimum Gasteiger partial charge on any atom is -0.481 e. The highest BCUT2D eigenvalue weighted by Crippen LogP contribution is 2.42. The summed E-state index contributed by atoms with van der Waals surface area (Å²) in [5, 5.41) is 38.7. The zero-order valence-electron chi connectivity index (χ0n) is 24.8. The molecule has 0 amide bonds. The van der Waals surface area contributed by atoms with Crippen molar-refractivity contribution in [3.63, 3.8) is 0 Å². The second-order valence-electron chi connectivity index (χ2n) is 11.3. The van der Waals surface area contributed by atoms with E-state index in [2.05, 4.69) is 4.72 Å². The van der Waals surface area contributed by atoms with Gasteiger partial charge in [0.25, 0.3) is 0 Å². The Kier molecular flexibility index (Phi) is 11.0. The van der Waals surface area contributed by atoms with E-state index < -0.39 is 40.4 Å². The fourth-order valence-corrected chi connectivity index (χ4v) is 6.61. The lowest BCUT2D eigenvalue weighted by atomic mass is 9.86. The van der Waals surface area contributed by atoms with Crippen molar-refractivity contribution in [2.24, 2.45) is 0 Å². The van der Waals surface area contributed by atoms with Gasteiger partial charge >= 0.3 is 5.97 Å². The summed E-state index contributed by atoms with van der Waals surface area (Å²) in [6, 6.07) is 11.1. The Morgan fingerprint density at radius 3 is 2.50 bits per heavy atom. The number of benzene rings is 2. The van der Waals surface area contributed by atoms with Gasteiger partial charge in [-0.2, -0.15) is 0 Å². The largest absolute Gasteiger partial charge is 0.481 e. The van der Waals surface area contributed by atoms with Crippen LogP contribution in [-0.4, -0.2) is 65.2 Å². The number of hydrogen-bond acceptors (Lipinski definition) is 7. The lowest BCUT2D eigenvalue weighted by Gasteiger charge is -2.22. The molecule has 3 aromatic rings. The van der Waals surface area contributed by atoms with Crippen LogP contribution in [0.25, 0.3) is 28.5 Å². The Labute approximate surface area is 257 Å². The fraction of sp³-hybridized carbons (Fsp3) is 0.394. The van der Waals surface area contributed by atoms with Crippen LogP contribution in [-0.2, 0) is 27.7 Å². The summed E-state index contributed by atoms with van der Waals surface area (Å²) >= 11 is 0. The number of nitrogens with zero attached hydrogens (tertiary/aromatic N) is 1. The Balaban J connectivity index is 1.92. The van der Waals surface area contributed by atoms with E-state index in [1.807, 2.05) is 19.9 Å². The van der Waals surface area contributed by atoms with Crippen molar-refractivity contribution in [3.8, 4) is 22.4 Å².